The zero-order valence-corrected chi connectivity index (χ0v) is 11.8. The second kappa shape index (κ2) is 6.01. The quantitative estimate of drug-likeness (QED) is 0.838. The Kier molecular flexibility index (Phi) is 4.91. The standard InChI is InChI=1S/C15H24N2O/c1-11-5-6-12(2)13(9-11)10-14(18)17-15(3,4)7-8-16/h5-6,9H,7-8,10,16H2,1-4H3,(H,17,18). The van der Waals surface area contributed by atoms with E-state index in [2.05, 4.69) is 23.5 Å². The number of benzene rings is 1. The predicted octanol–water partition coefficient (Wildman–Crippen LogP) is 2.09. The molecule has 0 bridgehead atoms. The second-order valence-corrected chi connectivity index (χ2v) is 5.58. The van der Waals surface area contributed by atoms with Crippen LogP contribution in [-0.2, 0) is 11.2 Å². The summed E-state index contributed by atoms with van der Waals surface area (Å²) in [6.07, 6.45) is 1.22. The van der Waals surface area contributed by atoms with Crippen molar-refractivity contribution in [3.8, 4) is 0 Å². The number of nitrogens with two attached hydrogens (primary N) is 1. The van der Waals surface area contributed by atoms with Gasteiger partial charge in [-0.15, -0.1) is 0 Å². The Morgan fingerprint density at radius 1 is 1.33 bits per heavy atom. The van der Waals surface area contributed by atoms with Crippen LogP contribution in [0.3, 0.4) is 0 Å². The Morgan fingerprint density at radius 2 is 2.00 bits per heavy atom. The van der Waals surface area contributed by atoms with E-state index in [0.717, 1.165) is 17.5 Å². The first kappa shape index (κ1) is 14.7. The lowest BCUT2D eigenvalue weighted by Crippen LogP contribution is -2.45. The molecule has 100 valence electrons. The summed E-state index contributed by atoms with van der Waals surface area (Å²) in [4.78, 5) is 12.0. The molecule has 1 rings (SSSR count). The number of nitrogens with one attached hydrogen (secondary N) is 1. The fourth-order valence-corrected chi connectivity index (χ4v) is 2.01. The highest BCUT2D eigenvalue weighted by Crippen LogP contribution is 2.13. The molecule has 0 unspecified atom stereocenters. The van der Waals surface area contributed by atoms with Gasteiger partial charge in [0.05, 0.1) is 6.42 Å². The molecule has 3 nitrogen and oxygen atoms in total. The molecular formula is C15H24N2O. The number of amides is 1. The van der Waals surface area contributed by atoms with E-state index in [1.54, 1.807) is 0 Å². The number of hydrogen-bond acceptors (Lipinski definition) is 2. The van der Waals surface area contributed by atoms with Crippen LogP contribution in [-0.4, -0.2) is 18.0 Å². The normalized spacial score (nSPS) is 11.4. The minimum absolute atomic E-state index is 0.0575. The van der Waals surface area contributed by atoms with E-state index in [1.807, 2.05) is 27.7 Å². The summed E-state index contributed by atoms with van der Waals surface area (Å²) in [5, 5.41) is 3.03. The van der Waals surface area contributed by atoms with Gasteiger partial charge in [-0.3, -0.25) is 4.79 Å². The monoisotopic (exact) mass is 248 g/mol. The number of rotatable bonds is 5. The number of carbonyl (C=O) groups is 1. The molecule has 0 saturated carbocycles. The molecule has 1 aromatic rings. The molecule has 0 aliphatic heterocycles. The molecule has 0 saturated heterocycles. The largest absolute Gasteiger partial charge is 0.351 e. The van der Waals surface area contributed by atoms with Crippen molar-refractivity contribution in [1.82, 2.24) is 5.32 Å². The van der Waals surface area contributed by atoms with Crippen LogP contribution < -0.4 is 11.1 Å². The third-order valence-electron chi connectivity index (χ3n) is 3.10. The third kappa shape index (κ3) is 4.49. The fourth-order valence-electron chi connectivity index (χ4n) is 2.01. The first-order valence-corrected chi connectivity index (χ1v) is 6.41. The third-order valence-corrected chi connectivity index (χ3v) is 3.10. The molecule has 1 aromatic carbocycles. The molecule has 0 aliphatic carbocycles. The Balaban J connectivity index is 2.67. The Bertz CT molecular complexity index is 425. The van der Waals surface area contributed by atoms with Gasteiger partial charge in [-0.2, -0.15) is 0 Å². The highest BCUT2D eigenvalue weighted by atomic mass is 16.1. The highest BCUT2D eigenvalue weighted by molar-refractivity contribution is 5.79. The van der Waals surface area contributed by atoms with Crippen LogP contribution in [0.5, 0.6) is 0 Å². The Morgan fingerprint density at radius 3 is 2.61 bits per heavy atom. The fraction of sp³-hybridized carbons (Fsp3) is 0.533. The van der Waals surface area contributed by atoms with E-state index in [-0.39, 0.29) is 11.4 Å². The summed E-state index contributed by atoms with van der Waals surface area (Å²) in [5.41, 5.74) is 8.74. The van der Waals surface area contributed by atoms with Crippen LogP contribution in [0.2, 0.25) is 0 Å². The van der Waals surface area contributed by atoms with Gasteiger partial charge in [0.25, 0.3) is 0 Å². The van der Waals surface area contributed by atoms with E-state index in [9.17, 15) is 4.79 Å². The topological polar surface area (TPSA) is 55.1 Å². The molecule has 0 atom stereocenters. The average Bonchev–Trinajstić information content (AvgIpc) is 2.22. The molecule has 0 aliphatic rings. The summed E-state index contributed by atoms with van der Waals surface area (Å²) in [6.45, 7) is 8.66. The van der Waals surface area contributed by atoms with Crippen LogP contribution in [0.4, 0.5) is 0 Å². The molecule has 0 spiro atoms. The van der Waals surface area contributed by atoms with Gasteiger partial charge in [0, 0.05) is 5.54 Å². The molecule has 0 radical (unpaired) electrons. The van der Waals surface area contributed by atoms with E-state index < -0.39 is 0 Å². The predicted molar refractivity (Wildman–Crippen MR) is 75.5 cm³/mol. The molecule has 0 heterocycles. The van der Waals surface area contributed by atoms with Crippen molar-refractivity contribution in [1.29, 1.82) is 0 Å². The lowest BCUT2D eigenvalue weighted by Gasteiger charge is -2.25. The first-order chi connectivity index (χ1) is 8.34. The van der Waals surface area contributed by atoms with Crippen molar-refractivity contribution in [3.63, 3.8) is 0 Å². The minimum Gasteiger partial charge on any atom is -0.351 e. The molecule has 18 heavy (non-hydrogen) atoms. The van der Waals surface area contributed by atoms with Crippen LogP contribution in [0.25, 0.3) is 0 Å². The number of carbonyl (C=O) groups excluding carboxylic acids is 1. The molecule has 1 amide bonds. The summed E-state index contributed by atoms with van der Waals surface area (Å²) in [7, 11) is 0. The second-order valence-electron chi connectivity index (χ2n) is 5.58. The van der Waals surface area contributed by atoms with Crippen LogP contribution in [0, 0.1) is 13.8 Å². The molecule has 0 fully saturated rings. The lowest BCUT2D eigenvalue weighted by atomic mass is 9.98. The molecule has 3 N–H and O–H groups in total. The van der Waals surface area contributed by atoms with Gasteiger partial charge in [0.2, 0.25) is 5.91 Å². The van der Waals surface area contributed by atoms with E-state index in [4.69, 9.17) is 5.73 Å². The van der Waals surface area contributed by atoms with Crippen LogP contribution >= 0.6 is 0 Å². The van der Waals surface area contributed by atoms with Crippen molar-refractivity contribution in [2.45, 2.75) is 46.1 Å². The molecular weight excluding hydrogens is 224 g/mol. The van der Waals surface area contributed by atoms with Gasteiger partial charge in [0.1, 0.15) is 0 Å². The average molecular weight is 248 g/mol. The maximum Gasteiger partial charge on any atom is 0.224 e. The zero-order chi connectivity index (χ0) is 13.8. The summed E-state index contributed by atoms with van der Waals surface area (Å²) >= 11 is 0. The summed E-state index contributed by atoms with van der Waals surface area (Å²) in [6, 6.07) is 6.20. The van der Waals surface area contributed by atoms with Gasteiger partial charge >= 0.3 is 0 Å². The van der Waals surface area contributed by atoms with Gasteiger partial charge in [-0.1, -0.05) is 23.8 Å². The van der Waals surface area contributed by atoms with Crippen molar-refractivity contribution < 1.29 is 4.79 Å². The van der Waals surface area contributed by atoms with Gasteiger partial charge < -0.3 is 11.1 Å². The Labute approximate surface area is 110 Å². The SMILES string of the molecule is Cc1ccc(C)c(CC(=O)NC(C)(C)CCN)c1. The minimum atomic E-state index is -0.233. The molecule has 0 aromatic heterocycles. The van der Waals surface area contributed by atoms with E-state index >= 15 is 0 Å². The zero-order valence-electron chi connectivity index (χ0n) is 11.8. The highest BCUT2D eigenvalue weighted by Gasteiger charge is 2.19. The van der Waals surface area contributed by atoms with Crippen molar-refractivity contribution >= 4 is 5.91 Å². The van der Waals surface area contributed by atoms with Crippen LogP contribution in [0.1, 0.15) is 37.0 Å². The smallest absolute Gasteiger partial charge is 0.224 e. The van der Waals surface area contributed by atoms with Gasteiger partial charge in [-0.05, 0) is 51.8 Å². The van der Waals surface area contributed by atoms with E-state index in [0.29, 0.717) is 13.0 Å². The molecule has 3 heteroatoms. The maximum absolute atomic E-state index is 12.0. The Hall–Kier alpha value is -1.35. The van der Waals surface area contributed by atoms with Gasteiger partial charge in [-0.25, -0.2) is 0 Å². The summed E-state index contributed by atoms with van der Waals surface area (Å²) < 4.78 is 0. The number of aryl methyl sites for hydroxylation is 2. The summed E-state index contributed by atoms with van der Waals surface area (Å²) in [5.74, 6) is 0.0575. The van der Waals surface area contributed by atoms with E-state index in [1.165, 1.54) is 5.56 Å². The van der Waals surface area contributed by atoms with Crippen molar-refractivity contribution in [3.05, 3.63) is 34.9 Å². The first-order valence-electron chi connectivity index (χ1n) is 6.41. The van der Waals surface area contributed by atoms with Crippen molar-refractivity contribution in [2.75, 3.05) is 6.54 Å². The number of hydrogen-bond donors (Lipinski definition) is 2. The van der Waals surface area contributed by atoms with Gasteiger partial charge in [0.15, 0.2) is 0 Å². The van der Waals surface area contributed by atoms with Crippen LogP contribution in [0.15, 0.2) is 18.2 Å². The lowest BCUT2D eigenvalue weighted by molar-refractivity contribution is -0.122. The maximum atomic E-state index is 12.0. The van der Waals surface area contributed by atoms with Crippen molar-refractivity contribution in [2.24, 2.45) is 5.73 Å².